The van der Waals surface area contributed by atoms with Crippen LogP contribution in [0, 0.1) is 17.6 Å². The number of anilines is 1. The molecule has 0 aliphatic heterocycles. The number of aromatic nitrogens is 1. The minimum Gasteiger partial charge on any atom is -0.283 e. The molecule has 0 atom stereocenters. The van der Waals surface area contributed by atoms with Crippen LogP contribution in [-0.4, -0.2) is 10.9 Å². The third-order valence-corrected chi connectivity index (χ3v) is 5.81. The Labute approximate surface area is 154 Å². The maximum absolute atomic E-state index is 14.1. The molecule has 1 aliphatic rings. The molecule has 2 aromatic carbocycles. The second-order valence-electron chi connectivity index (χ2n) is 6.62. The average Bonchev–Trinajstić information content (AvgIpc) is 3.29. The van der Waals surface area contributed by atoms with E-state index in [2.05, 4.69) is 4.98 Å². The summed E-state index contributed by atoms with van der Waals surface area (Å²) in [5.41, 5.74) is 1.09. The standard InChI is InChI=1S/C20H18F2N2OS/c21-15-10-16(22)18-17(11-15)26-20(23-18)24(12-13-6-2-1-3-7-13)19(25)14-8-4-5-9-14/h1-3,6-7,10-11,14H,4-5,8-9,12H2. The summed E-state index contributed by atoms with van der Waals surface area (Å²) < 4.78 is 28.0. The van der Waals surface area contributed by atoms with Crippen LogP contribution in [0.15, 0.2) is 42.5 Å². The van der Waals surface area contributed by atoms with Gasteiger partial charge in [-0.15, -0.1) is 0 Å². The highest BCUT2D eigenvalue weighted by Crippen LogP contribution is 2.35. The van der Waals surface area contributed by atoms with E-state index in [1.807, 2.05) is 30.3 Å². The lowest BCUT2D eigenvalue weighted by atomic mass is 10.1. The van der Waals surface area contributed by atoms with Gasteiger partial charge in [-0.3, -0.25) is 9.69 Å². The third kappa shape index (κ3) is 3.33. The number of benzene rings is 2. The molecule has 0 saturated heterocycles. The first-order chi connectivity index (χ1) is 12.6. The maximum atomic E-state index is 14.1. The smallest absolute Gasteiger partial charge is 0.232 e. The highest BCUT2D eigenvalue weighted by Gasteiger charge is 2.30. The van der Waals surface area contributed by atoms with Gasteiger partial charge in [0.2, 0.25) is 5.91 Å². The van der Waals surface area contributed by atoms with Crippen molar-refractivity contribution < 1.29 is 13.6 Å². The molecule has 1 amide bonds. The summed E-state index contributed by atoms with van der Waals surface area (Å²) >= 11 is 1.15. The Morgan fingerprint density at radius 1 is 1.15 bits per heavy atom. The van der Waals surface area contributed by atoms with E-state index in [0.717, 1.165) is 48.6 Å². The van der Waals surface area contributed by atoms with Crippen LogP contribution < -0.4 is 4.90 Å². The minimum atomic E-state index is -0.699. The van der Waals surface area contributed by atoms with Gasteiger partial charge in [-0.25, -0.2) is 13.8 Å². The van der Waals surface area contributed by atoms with Crippen molar-refractivity contribution in [3.05, 3.63) is 59.7 Å². The molecule has 1 aromatic heterocycles. The number of carbonyl (C=O) groups is 1. The monoisotopic (exact) mass is 372 g/mol. The lowest BCUT2D eigenvalue weighted by Crippen LogP contribution is -2.34. The second-order valence-corrected chi connectivity index (χ2v) is 7.63. The minimum absolute atomic E-state index is 0.0197. The molecule has 26 heavy (non-hydrogen) atoms. The Hall–Kier alpha value is -2.34. The van der Waals surface area contributed by atoms with Crippen LogP contribution in [0.3, 0.4) is 0 Å². The molecule has 1 aliphatic carbocycles. The van der Waals surface area contributed by atoms with Crippen molar-refractivity contribution in [1.29, 1.82) is 0 Å². The second kappa shape index (κ2) is 7.11. The van der Waals surface area contributed by atoms with Gasteiger partial charge >= 0.3 is 0 Å². The molecule has 3 nitrogen and oxygen atoms in total. The van der Waals surface area contributed by atoms with E-state index in [0.29, 0.717) is 16.4 Å². The molecular weight excluding hydrogens is 354 g/mol. The van der Waals surface area contributed by atoms with Crippen LogP contribution in [0.4, 0.5) is 13.9 Å². The molecule has 3 aromatic rings. The van der Waals surface area contributed by atoms with Crippen LogP contribution >= 0.6 is 11.3 Å². The summed E-state index contributed by atoms with van der Waals surface area (Å²) in [7, 11) is 0. The lowest BCUT2D eigenvalue weighted by Gasteiger charge is -2.23. The van der Waals surface area contributed by atoms with Gasteiger partial charge in [-0.1, -0.05) is 54.5 Å². The number of carbonyl (C=O) groups excluding carboxylic acids is 1. The zero-order chi connectivity index (χ0) is 18.1. The van der Waals surface area contributed by atoms with Gasteiger partial charge in [-0.05, 0) is 24.5 Å². The van der Waals surface area contributed by atoms with Gasteiger partial charge < -0.3 is 0 Å². The van der Waals surface area contributed by atoms with E-state index in [4.69, 9.17) is 0 Å². The molecule has 0 radical (unpaired) electrons. The van der Waals surface area contributed by atoms with Crippen LogP contribution in [0.25, 0.3) is 10.2 Å². The van der Waals surface area contributed by atoms with Crippen molar-refractivity contribution in [2.75, 3.05) is 4.90 Å². The molecule has 6 heteroatoms. The van der Waals surface area contributed by atoms with Gasteiger partial charge in [0.05, 0.1) is 11.2 Å². The van der Waals surface area contributed by atoms with Crippen molar-refractivity contribution in [1.82, 2.24) is 4.98 Å². The molecule has 1 saturated carbocycles. The van der Waals surface area contributed by atoms with Crippen LogP contribution in [0.1, 0.15) is 31.2 Å². The number of hydrogen-bond acceptors (Lipinski definition) is 3. The fraction of sp³-hybridized carbons (Fsp3) is 0.300. The SMILES string of the molecule is O=C(C1CCCC1)N(Cc1ccccc1)c1nc2c(F)cc(F)cc2s1. The first-order valence-electron chi connectivity index (χ1n) is 8.73. The fourth-order valence-electron chi connectivity index (χ4n) is 3.46. The first-order valence-corrected chi connectivity index (χ1v) is 9.54. The molecule has 4 rings (SSSR count). The number of hydrogen-bond donors (Lipinski definition) is 0. The van der Waals surface area contributed by atoms with Crippen molar-refractivity contribution >= 4 is 32.6 Å². The third-order valence-electron chi connectivity index (χ3n) is 4.79. The van der Waals surface area contributed by atoms with E-state index >= 15 is 0 Å². The Kier molecular flexibility index (Phi) is 4.68. The molecular formula is C20H18F2N2OS. The van der Waals surface area contributed by atoms with Crippen molar-refractivity contribution in [2.24, 2.45) is 5.92 Å². The number of amides is 1. The average molecular weight is 372 g/mol. The molecule has 134 valence electrons. The Morgan fingerprint density at radius 3 is 2.62 bits per heavy atom. The zero-order valence-electron chi connectivity index (χ0n) is 14.1. The summed E-state index contributed by atoms with van der Waals surface area (Å²) in [5, 5.41) is 0.422. The molecule has 0 bridgehead atoms. The summed E-state index contributed by atoms with van der Waals surface area (Å²) in [5.74, 6) is -1.34. The summed E-state index contributed by atoms with van der Waals surface area (Å²) in [6, 6.07) is 11.7. The van der Waals surface area contributed by atoms with Gasteiger partial charge in [0.15, 0.2) is 10.9 Å². The number of fused-ring (bicyclic) bond motifs is 1. The highest BCUT2D eigenvalue weighted by atomic mass is 32.1. The maximum Gasteiger partial charge on any atom is 0.232 e. The molecule has 1 heterocycles. The van der Waals surface area contributed by atoms with E-state index < -0.39 is 11.6 Å². The molecule has 0 N–H and O–H groups in total. The number of rotatable bonds is 4. The summed E-state index contributed by atoms with van der Waals surface area (Å²) in [4.78, 5) is 19.1. The quantitative estimate of drug-likeness (QED) is 0.623. The molecule has 1 fully saturated rings. The Balaban J connectivity index is 1.74. The topological polar surface area (TPSA) is 33.2 Å². The van der Waals surface area contributed by atoms with E-state index in [1.54, 1.807) is 4.90 Å². The van der Waals surface area contributed by atoms with Crippen LogP contribution in [0.2, 0.25) is 0 Å². The predicted molar refractivity (Wildman–Crippen MR) is 99.1 cm³/mol. The van der Waals surface area contributed by atoms with Crippen molar-refractivity contribution in [3.8, 4) is 0 Å². The molecule has 0 unspecified atom stereocenters. The number of halogens is 2. The van der Waals surface area contributed by atoms with E-state index in [1.165, 1.54) is 6.07 Å². The first kappa shape index (κ1) is 17.1. The van der Waals surface area contributed by atoms with E-state index in [9.17, 15) is 13.6 Å². The van der Waals surface area contributed by atoms with Gasteiger partial charge in [0.25, 0.3) is 0 Å². The fourth-order valence-corrected chi connectivity index (χ4v) is 4.47. The van der Waals surface area contributed by atoms with Crippen molar-refractivity contribution in [3.63, 3.8) is 0 Å². The van der Waals surface area contributed by atoms with Gasteiger partial charge in [0.1, 0.15) is 11.3 Å². The lowest BCUT2D eigenvalue weighted by molar-refractivity contribution is -0.122. The largest absolute Gasteiger partial charge is 0.283 e. The summed E-state index contributed by atoms with van der Waals surface area (Å²) in [6.07, 6.45) is 3.85. The van der Waals surface area contributed by atoms with Crippen molar-refractivity contribution in [2.45, 2.75) is 32.2 Å². The predicted octanol–water partition coefficient (Wildman–Crippen LogP) is 5.30. The van der Waals surface area contributed by atoms with Gasteiger partial charge in [-0.2, -0.15) is 0 Å². The highest BCUT2D eigenvalue weighted by molar-refractivity contribution is 7.22. The van der Waals surface area contributed by atoms with E-state index in [-0.39, 0.29) is 17.3 Å². The normalized spacial score (nSPS) is 14.8. The Morgan fingerprint density at radius 2 is 1.88 bits per heavy atom. The number of nitrogens with zero attached hydrogens (tertiary/aromatic N) is 2. The number of thiazole rings is 1. The van der Waals surface area contributed by atoms with Crippen LogP contribution in [0.5, 0.6) is 0 Å². The van der Waals surface area contributed by atoms with Crippen LogP contribution in [-0.2, 0) is 11.3 Å². The molecule has 0 spiro atoms. The zero-order valence-corrected chi connectivity index (χ0v) is 14.9. The summed E-state index contributed by atoms with van der Waals surface area (Å²) in [6.45, 7) is 0.375. The van der Waals surface area contributed by atoms with Gasteiger partial charge in [0, 0.05) is 12.0 Å². The Bertz CT molecular complexity index is 936.